The maximum Gasteiger partial charge on any atom is 0.191 e. The molecule has 2 aromatic carbocycles. The molecule has 29 heavy (non-hydrogen) atoms. The van der Waals surface area contributed by atoms with E-state index in [2.05, 4.69) is 58.0 Å². The Morgan fingerprint density at radius 3 is 2.79 bits per heavy atom. The molecule has 3 aromatic rings. The second-order valence-electron chi connectivity index (χ2n) is 7.42. The number of benzene rings is 2. The number of guanidine groups is 1. The highest BCUT2D eigenvalue weighted by Crippen LogP contribution is 2.36. The normalized spacial score (nSPS) is 18.3. The first kappa shape index (κ1) is 21.6. The van der Waals surface area contributed by atoms with E-state index in [0.29, 0.717) is 6.54 Å². The molecule has 0 spiro atoms. The predicted molar refractivity (Wildman–Crippen MR) is 130 cm³/mol. The van der Waals surface area contributed by atoms with Crippen molar-refractivity contribution >= 4 is 40.8 Å². The lowest BCUT2D eigenvalue weighted by Crippen LogP contribution is -2.39. The summed E-state index contributed by atoms with van der Waals surface area (Å²) in [6, 6.07) is 16.5. The van der Waals surface area contributed by atoms with E-state index in [4.69, 9.17) is 0 Å². The van der Waals surface area contributed by atoms with Crippen LogP contribution in [0.25, 0.3) is 10.9 Å². The number of halogens is 1. The van der Waals surface area contributed by atoms with E-state index in [9.17, 15) is 5.11 Å². The van der Waals surface area contributed by atoms with E-state index in [1.54, 1.807) is 0 Å². The van der Waals surface area contributed by atoms with Gasteiger partial charge in [0.25, 0.3) is 0 Å². The molecule has 0 radical (unpaired) electrons. The van der Waals surface area contributed by atoms with Crippen molar-refractivity contribution in [3.05, 3.63) is 71.4 Å². The third-order valence-electron chi connectivity index (χ3n) is 5.53. The topological polar surface area (TPSA) is 72.4 Å². The number of fused-ring (bicyclic) bond motifs is 2. The largest absolute Gasteiger partial charge is 0.383 e. The minimum Gasteiger partial charge on any atom is -0.383 e. The molecule has 4 rings (SSSR count). The summed E-state index contributed by atoms with van der Waals surface area (Å²) in [4.78, 5) is 8.01. The molecule has 0 saturated heterocycles. The molecule has 154 valence electrons. The van der Waals surface area contributed by atoms with E-state index < -0.39 is 5.60 Å². The van der Waals surface area contributed by atoms with E-state index in [1.165, 1.54) is 22.0 Å². The molecule has 6 heteroatoms. The zero-order chi connectivity index (χ0) is 19.4. The van der Waals surface area contributed by atoms with Crippen LogP contribution in [0.3, 0.4) is 0 Å². The zero-order valence-corrected chi connectivity index (χ0v) is 19.1. The highest BCUT2D eigenvalue weighted by Gasteiger charge is 2.36. The molecule has 0 bridgehead atoms. The van der Waals surface area contributed by atoms with Gasteiger partial charge in [0.05, 0.1) is 6.54 Å². The number of hydrogen-bond donors (Lipinski definition) is 4. The molecule has 0 saturated carbocycles. The molecule has 0 amide bonds. The Kier molecular flexibility index (Phi) is 7.18. The Balaban J connectivity index is 0.00000240. The van der Waals surface area contributed by atoms with Gasteiger partial charge >= 0.3 is 0 Å². The fourth-order valence-corrected chi connectivity index (χ4v) is 4.04. The molecule has 1 aromatic heterocycles. The van der Waals surface area contributed by atoms with Crippen LogP contribution in [0.15, 0.2) is 59.7 Å². The van der Waals surface area contributed by atoms with Crippen LogP contribution in [0.5, 0.6) is 0 Å². The first-order valence-electron chi connectivity index (χ1n) is 10.1. The number of rotatable bonds is 6. The number of aryl methyl sites for hydroxylation is 1. The van der Waals surface area contributed by atoms with Gasteiger partial charge in [-0.15, -0.1) is 24.0 Å². The van der Waals surface area contributed by atoms with E-state index >= 15 is 0 Å². The molecule has 5 nitrogen and oxygen atoms in total. The number of nitrogens with zero attached hydrogens (tertiary/aromatic N) is 1. The van der Waals surface area contributed by atoms with Gasteiger partial charge in [0.2, 0.25) is 0 Å². The van der Waals surface area contributed by atoms with Crippen LogP contribution in [-0.4, -0.2) is 35.7 Å². The summed E-state index contributed by atoms with van der Waals surface area (Å²) >= 11 is 0. The fraction of sp³-hybridized carbons (Fsp3) is 0.348. The Morgan fingerprint density at radius 1 is 1.14 bits per heavy atom. The lowest BCUT2D eigenvalue weighted by atomic mass is 9.96. The van der Waals surface area contributed by atoms with Crippen molar-refractivity contribution in [1.82, 2.24) is 15.6 Å². The molecule has 1 heterocycles. The molecule has 1 unspecified atom stereocenters. The lowest BCUT2D eigenvalue weighted by molar-refractivity contribution is 0.0485. The van der Waals surface area contributed by atoms with Crippen LogP contribution in [0.1, 0.15) is 30.0 Å². The van der Waals surface area contributed by atoms with Gasteiger partial charge in [-0.25, -0.2) is 4.99 Å². The number of nitrogens with one attached hydrogen (secondary N) is 3. The van der Waals surface area contributed by atoms with Crippen molar-refractivity contribution in [3.8, 4) is 0 Å². The van der Waals surface area contributed by atoms with Gasteiger partial charge in [0.15, 0.2) is 5.96 Å². The first-order chi connectivity index (χ1) is 13.7. The molecule has 1 aliphatic carbocycles. The van der Waals surface area contributed by atoms with Crippen molar-refractivity contribution in [2.75, 3.05) is 19.6 Å². The molecule has 4 N–H and O–H groups in total. The molecule has 1 aliphatic rings. The number of hydrogen-bond acceptors (Lipinski definition) is 2. The highest BCUT2D eigenvalue weighted by atomic mass is 127. The smallest absolute Gasteiger partial charge is 0.191 e. The van der Waals surface area contributed by atoms with Crippen molar-refractivity contribution in [2.24, 2.45) is 4.99 Å². The number of aromatic amines is 1. The summed E-state index contributed by atoms with van der Waals surface area (Å²) in [5.74, 6) is 0.750. The van der Waals surface area contributed by atoms with Crippen LogP contribution in [-0.2, 0) is 18.4 Å². The summed E-state index contributed by atoms with van der Waals surface area (Å²) < 4.78 is 0. The summed E-state index contributed by atoms with van der Waals surface area (Å²) in [6.07, 6.45) is 4.62. The number of aliphatic hydroxyl groups is 1. The van der Waals surface area contributed by atoms with Crippen LogP contribution >= 0.6 is 24.0 Å². The first-order valence-corrected chi connectivity index (χ1v) is 10.1. The lowest BCUT2D eigenvalue weighted by Gasteiger charge is -2.22. The maximum absolute atomic E-state index is 11.1. The quantitative estimate of drug-likeness (QED) is 0.235. The molecule has 0 aliphatic heterocycles. The number of aliphatic imine (C=N–C) groups is 1. The van der Waals surface area contributed by atoms with Crippen molar-refractivity contribution in [2.45, 2.75) is 31.8 Å². The summed E-state index contributed by atoms with van der Waals surface area (Å²) in [5, 5.41) is 19.0. The predicted octanol–water partition coefficient (Wildman–Crippen LogP) is 3.72. The number of para-hydroxylation sites is 1. The van der Waals surface area contributed by atoms with Crippen molar-refractivity contribution < 1.29 is 5.11 Å². The van der Waals surface area contributed by atoms with Gasteiger partial charge in [-0.3, -0.25) is 0 Å². The average Bonchev–Trinajstić information content (AvgIpc) is 3.29. The third kappa shape index (κ3) is 4.75. The molecular formula is C23H29IN4O. The van der Waals surface area contributed by atoms with Gasteiger partial charge < -0.3 is 20.7 Å². The van der Waals surface area contributed by atoms with Gasteiger partial charge in [0.1, 0.15) is 5.60 Å². The monoisotopic (exact) mass is 504 g/mol. The van der Waals surface area contributed by atoms with Gasteiger partial charge in [-0.05, 0) is 48.9 Å². The molecule has 1 atom stereocenters. The van der Waals surface area contributed by atoms with Crippen LogP contribution < -0.4 is 10.6 Å². The Morgan fingerprint density at radius 2 is 1.93 bits per heavy atom. The molecule has 0 fully saturated rings. The number of aromatic nitrogens is 1. The van der Waals surface area contributed by atoms with E-state index in [1.807, 2.05) is 24.3 Å². The maximum atomic E-state index is 11.1. The Labute approximate surface area is 189 Å². The van der Waals surface area contributed by atoms with Crippen molar-refractivity contribution in [1.29, 1.82) is 0 Å². The summed E-state index contributed by atoms with van der Waals surface area (Å²) in [5.41, 5.74) is 3.85. The van der Waals surface area contributed by atoms with E-state index in [-0.39, 0.29) is 24.0 Å². The highest BCUT2D eigenvalue weighted by molar-refractivity contribution is 14.0. The van der Waals surface area contributed by atoms with Crippen LogP contribution in [0.2, 0.25) is 0 Å². The second-order valence-corrected chi connectivity index (χ2v) is 7.42. The number of H-pyrrole nitrogens is 1. The Bertz CT molecular complexity index is 984. The minimum absolute atomic E-state index is 0. The summed E-state index contributed by atoms with van der Waals surface area (Å²) in [7, 11) is 0. The second kappa shape index (κ2) is 9.63. The van der Waals surface area contributed by atoms with Crippen LogP contribution in [0.4, 0.5) is 0 Å². The van der Waals surface area contributed by atoms with Gasteiger partial charge in [0, 0.05) is 30.2 Å². The van der Waals surface area contributed by atoms with Gasteiger partial charge in [-0.1, -0.05) is 42.5 Å². The standard InChI is InChI=1S/C23H28N4O.HI/c1-2-24-22(25-14-12-18-15-26-21-10-6-4-8-19(18)21)27-16-23(28)13-11-17-7-3-5-9-20(17)23;/h3-10,15,26,28H,2,11-14,16H2,1H3,(H2,24,25,27);1H. The third-order valence-corrected chi connectivity index (χ3v) is 5.53. The summed E-state index contributed by atoms with van der Waals surface area (Å²) in [6.45, 7) is 3.99. The minimum atomic E-state index is -0.865. The van der Waals surface area contributed by atoms with Gasteiger partial charge in [-0.2, -0.15) is 0 Å². The Hall–Kier alpha value is -2.06. The zero-order valence-electron chi connectivity index (χ0n) is 16.7. The van der Waals surface area contributed by atoms with Crippen molar-refractivity contribution in [3.63, 3.8) is 0 Å². The SMILES string of the molecule is CCNC(=NCC1(O)CCc2ccccc21)NCCc1c[nH]c2ccccc12.I. The molecular weight excluding hydrogens is 475 g/mol. The van der Waals surface area contributed by atoms with Crippen LogP contribution in [0, 0.1) is 0 Å². The van der Waals surface area contributed by atoms with E-state index in [0.717, 1.165) is 43.9 Å². The average molecular weight is 504 g/mol. The fourth-order valence-electron chi connectivity index (χ4n) is 4.04.